The second-order valence-corrected chi connectivity index (χ2v) is 6.44. The Labute approximate surface area is 157 Å². The average molecular weight is 427 g/mol. The van der Waals surface area contributed by atoms with Crippen molar-refractivity contribution in [2.75, 3.05) is 27.4 Å². The SMILES string of the molecule is COCCOc1ccc(F)c(C(OC)c2c[nH]c3ncc(Br)cc23)c1F. The minimum atomic E-state index is -0.967. The molecule has 26 heavy (non-hydrogen) atoms. The number of rotatable bonds is 7. The summed E-state index contributed by atoms with van der Waals surface area (Å²) >= 11 is 3.36. The molecule has 2 aromatic heterocycles. The van der Waals surface area contributed by atoms with Gasteiger partial charge in [-0.1, -0.05) is 0 Å². The Balaban J connectivity index is 2.07. The van der Waals surface area contributed by atoms with Crippen LogP contribution in [0.25, 0.3) is 11.0 Å². The molecule has 0 saturated heterocycles. The molecule has 0 fully saturated rings. The Morgan fingerprint density at radius 2 is 2.04 bits per heavy atom. The zero-order chi connectivity index (χ0) is 18.7. The number of hydrogen-bond acceptors (Lipinski definition) is 4. The first-order valence-electron chi connectivity index (χ1n) is 7.81. The number of ether oxygens (including phenoxy) is 3. The molecule has 0 spiro atoms. The number of fused-ring (bicyclic) bond motifs is 1. The Bertz CT molecular complexity index is 917. The fourth-order valence-electron chi connectivity index (χ4n) is 2.75. The molecule has 0 bridgehead atoms. The maximum Gasteiger partial charge on any atom is 0.174 e. The molecule has 0 aliphatic rings. The summed E-state index contributed by atoms with van der Waals surface area (Å²) in [6.45, 7) is 0.447. The third kappa shape index (κ3) is 3.58. The van der Waals surface area contributed by atoms with Gasteiger partial charge in [0.15, 0.2) is 11.6 Å². The van der Waals surface area contributed by atoms with Crippen molar-refractivity contribution in [1.29, 1.82) is 0 Å². The minimum Gasteiger partial charge on any atom is -0.488 e. The van der Waals surface area contributed by atoms with Crippen molar-refractivity contribution in [3.8, 4) is 5.75 Å². The summed E-state index contributed by atoms with van der Waals surface area (Å²) < 4.78 is 45.9. The zero-order valence-corrected chi connectivity index (χ0v) is 15.8. The first-order valence-corrected chi connectivity index (χ1v) is 8.61. The van der Waals surface area contributed by atoms with Crippen LogP contribution >= 0.6 is 15.9 Å². The van der Waals surface area contributed by atoms with Crippen LogP contribution in [0.3, 0.4) is 0 Å². The third-order valence-corrected chi connectivity index (χ3v) is 4.38. The van der Waals surface area contributed by atoms with E-state index < -0.39 is 17.7 Å². The van der Waals surface area contributed by atoms with Crippen molar-refractivity contribution in [2.45, 2.75) is 6.10 Å². The van der Waals surface area contributed by atoms with E-state index in [9.17, 15) is 8.78 Å². The van der Waals surface area contributed by atoms with Crippen LogP contribution in [0.2, 0.25) is 0 Å². The molecule has 0 saturated carbocycles. The predicted molar refractivity (Wildman–Crippen MR) is 96.4 cm³/mol. The topological polar surface area (TPSA) is 56.4 Å². The molecule has 1 aromatic carbocycles. The summed E-state index contributed by atoms with van der Waals surface area (Å²) in [5.41, 5.74) is 0.949. The number of aromatic nitrogens is 2. The lowest BCUT2D eigenvalue weighted by Gasteiger charge is -2.18. The Morgan fingerprint density at radius 1 is 1.23 bits per heavy atom. The van der Waals surface area contributed by atoms with Gasteiger partial charge in [0.2, 0.25) is 0 Å². The molecule has 3 aromatic rings. The molecular formula is C18H17BrF2N2O3. The molecule has 0 radical (unpaired) electrons. The number of pyridine rings is 1. The molecule has 8 heteroatoms. The maximum absolute atomic E-state index is 14.9. The molecule has 0 aliphatic heterocycles. The quantitative estimate of drug-likeness (QED) is 0.570. The van der Waals surface area contributed by atoms with Crippen LogP contribution < -0.4 is 4.74 Å². The lowest BCUT2D eigenvalue weighted by molar-refractivity contribution is 0.126. The van der Waals surface area contributed by atoms with Gasteiger partial charge >= 0.3 is 0 Å². The highest BCUT2D eigenvalue weighted by atomic mass is 79.9. The fraction of sp³-hybridized carbons (Fsp3) is 0.278. The summed E-state index contributed by atoms with van der Waals surface area (Å²) in [6, 6.07) is 4.23. The molecule has 1 atom stereocenters. The number of nitrogens with one attached hydrogen (secondary N) is 1. The van der Waals surface area contributed by atoms with Crippen molar-refractivity contribution in [2.24, 2.45) is 0 Å². The van der Waals surface area contributed by atoms with Crippen LogP contribution in [-0.4, -0.2) is 37.4 Å². The maximum atomic E-state index is 14.9. The smallest absolute Gasteiger partial charge is 0.174 e. The molecular weight excluding hydrogens is 410 g/mol. The van der Waals surface area contributed by atoms with E-state index >= 15 is 0 Å². The summed E-state index contributed by atoms with van der Waals surface area (Å²) in [4.78, 5) is 7.23. The molecule has 2 heterocycles. The van der Waals surface area contributed by atoms with Gasteiger partial charge in [-0.2, -0.15) is 0 Å². The van der Waals surface area contributed by atoms with Gasteiger partial charge in [-0.05, 0) is 34.1 Å². The van der Waals surface area contributed by atoms with Crippen molar-refractivity contribution in [3.05, 3.63) is 57.8 Å². The average Bonchev–Trinajstić information content (AvgIpc) is 3.03. The minimum absolute atomic E-state index is 0.0559. The van der Waals surface area contributed by atoms with Crippen molar-refractivity contribution in [1.82, 2.24) is 9.97 Å². The van der Waals surface area contributed by atoms with E-state index in [0.717, 1.165) is 10.5 Å². The van der Waals surface area contributed by atoms with E-state index in [0.29, 0.717) is 23.2 Å². The molecule has 1 N–H and O–H groups in total. The normalized spacial score (nSPS) is 12.5. The number of methoxy groups -OCH3 is 2. The summed E-state index contributed by atoms with van der Waals surface area (Å²) in [7, 11) is 2.91. The summed E-state index contributed by atoms with van der Waals surface area (Å²) in [5.74, 6) is -1.57. The fourth-order valence-corrected chi connectivity index (χ4v) is 3.08. The van der Waals surface area contributed by atoms with E-state index in [1.807, 2.05) is 6.07 Å². The summed E-state index contributed by atoms with van der Waals surface area (Å²) in [5, 5.41) is 0.704. The van der Waals surface area contributed by atoms with E-state index in [-0.39, 0.29) is 17.9 Å². The van der Waals surface area contributed by atoms with Crippen molar-refractivity contribution in [3.63, 3.8) is 0 Å². The first-order chi connectivity index (χ1) is 12.6. The number of halogens is 3. The van der Waals surface area contributed by atoms with E-state index in [4.69, 9.17) is 14.2 Å². The van der Waals surface area contributed by atoms with Crippen LogP contribution in [0.5, 0.6) is 5.75 Å². The van der Waals surface area contributed by atoms with Crippen LogP contribution in [0.1, 0.15) is 17.2 Å². The monoisotopic (exact) mass is 426 g/mol. The van der Waals surface area contributed by atoms with Gasteiger partial charge in [-0.25, -0.2) is 13.8 Å². The molecule has 3 rings (SSSR count). The van der Waals surface area contributed by atoms with Gasteiger partial charge in [-0.3, -0.25) is 0 Å². The van der Waals surface area contributed by atoms with Crippen molar-refractivity contribution < 1.29 is 23.0 Å². The van der Waals surface area contributed by atoms with Gasteiger partial charge in [0, 0.05) is 42.0 Å². The Morgan fingerprint density at radius 3 is 2.77 bits per heavy atom. The van der Waals surface area contributed by atoms with Gasteiger partial charge in [0.25, 0.3) is 0 Å². The van der Waals surface area contributed by atoms with Crippen LogP contribution in [0, 0.1) is 11.6 Å². The number of nitrogens with zero attached hydrogens (tertiary/aromatic N) is 1. The molecule has 5 nitrogen and oxygen atoms in total. The highest BCUT2D eigenvalue weighted by Crippen LogP contribution is 2.37. The number of H-pyrrole nitrogens is 1. The van der Waals surface area contributed by atoms with Gasteiger partial charge < -0.3 is 19.2 Å². The lowest BCUT2D eigenvalue weighted by atomic mass is 10.00. The van der Waals surface area contributed by atoms with E-state index in [2.05, 4.69) is 25.9 Å². The second kappa shape index (κ2) is 8.11. The van der Waals surface area contributed by atoms with Gasteiger partial charge in [0.05, 0.1) is 12.2 Å². The van der Waals surface area contributed by atoms with Crippen LogP contribution in [0.15, 0.2) is 35.1 Å². The van der Waals surface area contributed by atoms with Crippen LogP contribution in [0.4, 0.5) is 8.78 Å². The number of aromatic amines is 1. The number of benzene rings is 1. The molecule has 0 aliphatic carbocycles. The van der Waals surface area contributed by atoms with E-state index in [1.165, 1.54) is 20.3 Å². The standard InChI is InChI=1S/C18H17BrF2N2O3/c1-24-5-6-26-14-4-3-13(20)15(16(14)21)17(25-2)12-9-23-18-11(12)7-10(19)8-22-18/h3-4,7-9,17H,5-6H2,1-2H3,(H,22,23). The Kier molecular flexibility index (Phi) is 5.85. The number of hydrogen-bond donors (Lipinski definition) is 1. The molecule has 138 valence electrons. The molecule has 1 unspecified atom stereocenters. The van der Waals surface area contributed by atoms with Gasteiger partial charge in [-0.15, -0.1) is 0 Å². The third-order valence-electron chi connectivity index (χ3n) is 3.95. The lowest BCUT2D eigenvalue weighted by Crippen LogP contribution is -2.11. The zero-order valence-electron chi connectivity index (χ0n) is 14.2. The largest absolute Gasteiger partial charge is 0.488 e. The Hall–Kier alpha value is -2.03. The first kappa shape index (κ1) is 18.8. The summed E-state index contributed by atoms with van der Waals surface area (Å²) in [6.07, 6.45) is 2.30. The predicted octanol–water partition coefficient (Wildman–Crippen LogP) is 4.36. The second-order valence-electron chi connectivity index (χ2n) is 5.52. The van der Waals surface area contributed by atoms with E-state index in [1.54, 1.807) is 12.4 Å². The van der Waals surface area contributed by atoms with Crippen LogP contribution in [-0.2, 0) is 9.47 Å². The molecule has 0 amide bonds. The highest BCUT2D eigenvalue weighted by molar-refractivity contribution is 9.10. The van der Waals surface area contributed by atoms with Crippen molar-refractivity contribution >= 4 is 27.0 Å². The van der Waals surface area contributed by atoms with Gasteiger partial charge in [0.1, 0.15) is 24.2 Å². The highest BCUT2D eigenvalue weighted by Gasteiger charge is 2.27.